The van der Waals surface area contributed by atoms with Crippen molar-refractivity contribution in [2.75, 3.05) is 0 Å². The average molecular weight is 373 g/mol. The maximum atomic E-state index is 4.12. The van der Waals surface area contributed by atoms with E-state index in [4.69, 9.17) is 0 Å². The Kier molecular flexibility index (Phi) is 6.35. The van der Waals surface area contributed by atoms with E-state index < -0.39 is 8.07 Å². The molecule has 0 amide bonds. The van der Waals surface area contributed by atoms with Crippen molar-refractivity contribution in [3.05, 3.63) is 96.6 Å². The predicted molar refractivity (Wildman–Crippen MR) is 118 cm³/mol. The SMILES string of the molecule is c1ccc(C[C@H]2CCCC[C@@H]2NP(c2ccccc2)c2ccccc2)cc1. The molecule has 1 aliphatic rings. The number of benzene rings is 3. The first-order valence-electron chi connectivity index (χ1n) is 10.1. The van der Waals surface area contributed by atoms with Gasteiger partial charge in [-0.15, -0.1) is 0 Å². The standard InChI is InChI=1S/C25H28NP/c1-4-12-21(13-5-1)20-22-14-10-11-19-25(22)26-27(23-15-6-2-7-16-23)24-17-8-3-9-18-24/h1-9,12-13,15-18,22,25-26H,10-11,14,19-20H2/t22-,25+/m1/s1. The predicted octanol–water partition coefficient (Wildman–Crippen LogP) is 5.43. The first-order valence-corrected chi connectivity index (χ1v) is 11.4. The number of hydrogen-bond donors (Lipinski definition) is 1. The van der Waals surface area contributed by atoms with E-state index in [9.17, 15) is 0 Å². The van der Waals surface area contributed by atoms with Crippen molar-refractivity contribution in [1.29, 1.82) is 0 Å². The molecular weight excluding hydrogens is 345 g/mol. The van der Waals surface area contributed by atoms with E-state index in [1.807, 2.05) is 0 Å². The summed E-state index contributed by atoms with van der Waals surface area (Å²) in [6.07, 6.45) is 6.51. The molecule has 0 spiro atoms. The molecule has 3 aromatic carbocycles. The maximum Gasteiger partial charge on any atom is 0.0256 e. The highest BCUT2D eigenvalue weighted by atomic mass is 31.1. The van der Waals surface area contributed by atoms with Crippen LogP contribution < -0.4 is 15.7 Å². The van der Waals surface area contributed by atoms with Crippen LogP contribution in [0.25, 0.3) is 0 Å². The smallest absolute Gasteiger partial charge is 0.0256 e. The van der Waals surface area contributed by atoms with Crippen LogP contribution >= 0.6 is 8.07 Å². The molecule has 0 heterocycles. The highest BCUT2D eigenvalue weighted by Crippen LogP contribution is 2.36. The van der Waals surface area contributed by atoms with Gasteiger partial charge in [-0.3, -0.25) is 5.09 Å². The number of hydrogen-bond acceptors (Lipinski definition) is 1. The van der Waals surface area contributed by atoms with E-state index in [0.29, 0.717) is 6.04 Å². The molecule has 1 nitrogen and oxygen atoms in total. The molecule has 1 N–H and O–H groups in total. The van der Waals surface area contributed by atoms with E-state index in [2.05, 4.69) is 96.1 Å². The Labute approximate surface area is 164 Å². The average Bonchev–Trinajstić information content (AvgIpc) is 2.75. The third kappa shape index (κ3) is 4.86. The molecule has 2 atom stereocenters. The summed E-state index contributed by atoms with van der Waals surface area (Å²) < 4.78 is 0. The molecule has 0 radical (unpaired) electrons. The second-order valence-electron chi connectivity index (χ2n) is 7.48. The lowest BCUT2D eigenvalue weighted by Crippen LogP contribution is -2.40. The molecule has 0 bridgehead atoms. The van der Waals surface area contributed by atoms with Gasteiger partial charge in [-0.25, -0.2) is 0 Å². The van der Waals surface area contributed by atoms with Crippen molar-refractivity contribution >= 4 is 18.7 Å². The summed E-state index contributed by atoms with van der Waals surface area (Å²) in [5.74, 6) is 0.721. The molecule has 138 valence electrons. The van der Waals surface area contributed by atoms with Gasteiger partial charge < -0.3 is 0 Å². The summed E-state index contributed by atoms with van der Waals surface area (Å²) in [4.78, 5) is 0. The van der Waals surface area contributed by atoms with Gasteiger partial charge in [0, 0.05) is 14.1 Å². The van der Waals surface area contributed by atoms with Crippen LogP contribution in [-0.4, -0.2) is 6.04 Å². The zero-order valence-electron chi connectivity index (χ0n) is 15.8. The Hall–Kier alpha value is -1.95. The summed E-state index contributed by atoms with van der Waals surface area (Å²) in [6.45, 7) is 0. The summed E-state index contributed by atoms with van der Waals surface area (Å²) in [5, 5.41) is 6.96. The molecule has 2 heteroatoms. The Morgan fingerprint density at radius 3 is 1.78 bits per heavy atom. The number of nitrogens with one attached hydrogen (secondary N) is 1. The van der Waals surface area contributed by atoms with E-state index in [1.165, 1.54) is 48.3 Å². The molecule has 3 aromatic rings. The van der Waals surface area contributed by atoms with Crippen LogP contribution in [0.15, 0.2) is 91.0 Å². The lowest BCUT2D eigenvalue weighted by Gasteiger charge is -2.36. The fourth-order valence-electron chi connectivity index (χ4n) is 4.16. The molecule has 1 saturated carbocycles. The van der Waals surface area contributed by atoms with Crippen LogP contribution in [0.3, 0.4) is 0 Å². The minimum atomic E-state index is -0.525. The van der Waals surface area contributed by atoms with Crippen molar-refractivity contribution in [1.82, 2.24) is 5.09 Å². The van der Waals surface area contributed by atoms with E-state index >= 15 is 0 Å². The van der Waals surface area contributed by atoms with Gasteiger partial charge in [0.05, 0.1) is 0 Å². The van der Waals surface area contributed by atoms with Gasteiger partial charge in [0.15, 0.2) is 0 Å². The van der Waals surface area contributed by atoms with Crippen LogP contribution in [0, 0.1) is 5.92 Å². The second-order valence-corrected chi connectivity index (χ2v) is 9.44. The van der Waals surface area contributed by atoms with Crippen LogP contribution in [0.2, 0.25) is 0 Å². The van der Waals surface area contributed by atoms with Crippen molar-refractivity contribution in [2.45, 2.75) is 38.1 Å². The first kappa shape index (κ1) is 18.4. The fourth-order valence-corrected chi connectivity index (χ4v) is 6.37. The molecule has 0 saturated heterocycles. The largest absolute Gasteiger partial charge is 0.285 e. The van der Waals surface area contributed by atoms with Gasteiger partial charge in [0.2, 0.25) is 0 Å². The van der Waals surface area contributed by atoms with E-state index in [-0.39, 0.29) is 0 Å². The molecule has 1 aliphatic carbocycles. The Morgan fingerprint density at radius 1 is 0.667 bits per heavy atom. The highest BCUT2D eigenvalue weighted by molar-refractivity contribution is 7.71. The van der Waals surface area contributed by atoms with Gasteiger partial charge >= 0.3 is 0 Å². The van der Waals surface area contributed by atoms with Crippen molar-refractivity contribution < 1.29 is 0 Å². The Morgan fingerprint density at radius 2 is 1.19 bits per heavy atom. The molecular formula is C25H28NP. The maximum absolute atomic E-state index is 4.12. The molecule has 0 unspecified atom stereocenters. The Bertz CT molecular complexity index is 764. The highest BCUT2D eigenvalue weighted by Gasteiger charge is 2.28. The molecule has 1 fully saturated rings. The summed E-state index contributed by atoms with van der Waals surface area (Å²) in [6, 6.07) is 33.6. The van der Waals surface area contributed by atoms with Crippen molar-refractivity contribution in [2.24, 2.45) is 5.92 Å². The normalized spacial score (nSPS) is 19.9. The zero-order chi connectivity index (χ0) is 18.3. The van der Waals surface area contributed by atoms with Crippen molar-refractivity contribution in [3.63, 3.8) is 0 Å². The second kappa shape index (κ2) is 9.31. The molecule has 27 heavy (non-hydrogen) atoms. The van der Waals surface area contributed by atoms with Crippen molar-refractivity contribution in [3.8, 4) is 0 Å². The molecule has 4 rings (SSSR count). The number of rotatable bonds is 6. The van der Waals surface area contributed by atoms with Gasteiger partial charge in [-0.2, -0.15) is 0 Å². The van der Waals surface area contributed by atoms with Crippen LogP contribution in [0.1, 0.15) is 31.2 Å². The summed E-state index contributed by atoms with van der Waals surface area (Å²) >= 11 is 0. The lowest BCUT2D eigenvalue weighted by molar-refractivity contribution is 0.291. The first-order chi connectivity index (χ1) is 13.4. The van der Waals surface area contributed by atoms with E-state index in [1.54, 1.807) is 0 Å². The summed E-state index contributed by atoms with van der Waals surface area (Å²) in [7, 11) is -0.525. The monoisotopic (exact) mass is 373 g/mol. The minimum absolute atomic E-state index is 0.525. The van der Waals surface area contributed by atoms with E-state index in [0.717, 1.165) is 5.92 Å². The zero-order valence-corrected chi connectivity index (χ0v) is 16.7. The van der Waals surface area contributed by atoms with Gasteiger partial charge in [0.25, 0.3) is 0 Å². The van der Waals surface area contributed by atoms with Gasteiger partial charge in [0.1, 0.15) is 0 Å². The minimum Gasteiger partial charge on any atom is -0.285 e. The summed E-state index contributed by atoms with van der Waals surface area (Å²) in [5.41, 5.74) is 1.47. The third-order valence-corrected chi connectivity index (χ3v) is 7.79. The van der Waals surface area contributed by atoms with Gasteiger partial charge in [-0.05, 0) is 41.4 Å². The van der Waals surface area contributed by atoms with Crippen LogP contribution in [0.5, 0.6) is 0 Å². The molecule has 0 aromatic heterocycles. The Balaban J connectivity index is 1.57. The van der Waals surface area contributed by atoms with Gasteiger partial charge in [-0.1, -0.05) is 104 Å². The van der Waals surface area contributed by atoms with Crippen LogP contribution in [-0.2, 0) is 6.42 Å². The van der Waals surface area contributed by atoms with Crippen LogP contribution in [0.4, 0.5) is 0 Å². The fraction of sp³-hybridized carbons (Fsp3) is 0.280. The topological polar surface area (TPSA) is 12.0 Å². The quantitative estimate of drug-likeness (QED) is 0.569. The molecule has 0 aliphatic heterocycles. The third-order valence-electron chi connectivity index (χ3n) is 5.57. The lowest BCUT2D eigenvalue weighted by atomic mass is 9.81.